The van der Waals surface area contributed by atoms with E-state index in [1.807, 2.05) is 30.3 Å². The summed E-state index contributed by atoms with van der Waals surface area (Å²) in [6, 6.07) is 12.9. The lowest BCUT2D eigenvalue weighted by molar-refractivity contribution is 0.0691. The molecule has 146 valence electrons. The maximum atomic E-state index is 12.8. The number of carbonyl (C=O) groups excluding carboxylic acids is 1. The first-order valence-corrected chi connectivity index (χ1v) is 9.00. The molecule has 0 saturated carbocycles. The number of fused-ring (bicyclic) bond motifs is 1. The topological polar surface area (TPSA) is 114 Å². The lowest BCUT2D eigenvalue weighted by Gasteiger charge is -2.06. The van der Waals surface area contributed by atoms with Crippen molar-refractivity contribution in [2.75, 3.05) is 5.32 Å². The van der Waals surface area contributed by atoms with Crippen LogP contribution in [0.2, 0.25) is 0 Å². The Labute approximate surface area is 165 Å². The second kappa shape index (κ2) is 7.19. The van der Waals surface area contributed by atoms with Gasteiger partial charge in [0.2, 0.25) is 0 Å². The van der Waals surface area contributed by atoms with E-state index >= 15 is 0 Å². The van der Waals surface area contributed by atoms with Gasteiger partial charge in [0, 0.05) is 30.6 Å². The van der Waals surface area contributed by atoms with Crippen LogP contribution in [0.3, 0.4) is 0 Å². The molecule has 0 spiro atoms. The summed E-state index contributed by atoms with van der Waals surface area (Å²) < 4.78 is 2.90. The molecule has 9 nitrogen and oxygen atoms in total. The van der Waals surface area contributed by atoms with Gasteiger partial charge in [-0.15, -0.1) is 5.10 Å². The van der Waals surface area contributed by atoms with E-state index in [4.69, 9.17) is 0 Å². The number of carboxylic acid groups (broad SMARTS) is 1. The van der Waals surface area contributed by atoms with E-state index in [1.165, 1.54) is 4.68 Å². The van der Waals surface area contributed by atoms with Crippen LogP contribution < -0.4 is 5.32 Å². The van der Waals surface area contributed by atoms with Crippen LogP contribution in [0.4, 0.5) is 5.69 Å². The van der Waals surface area contributed by atoms with Crippen molar-refractivity contribution in [3.63, 3.8) is 0 Å². The average molecular weight is 390 g/mol. The summed E-state index contributed by atoms with van der Waals surface area (Å²) in [5.41, 5.74) is 2.20. The highest BCUT2D eigenvalue weighted by atomic mass is 16.4. The number of benzene rings is 1. The van der Waals surface area contributed by atoms with Gasteiger partial charge in [0.25, 0.3) is 5.91 Å². The highest BCUT2D eigenvalue weighted by Crippen LogP contribution is 2.20. The maximum absolute atomic E-state index is 12.8. The van der Waals surface area contributed by atoms with Gasteiger partial charge in [0.1, 0.15) is 11.3 Å². The van der Waals surface area contributed by atoms with Crippen LogP contribution in [0, 0.1) is 0 Å². The van der Waals surface area contributed by atoms with E-state index in [0.29, 0.717) is 29.3 Å². The highest BCUT2D eigenvalue weighted by molar-refractivity contribution is 6.10. The van der Waals surface area contributed by atoms with Crippen molar-refractivity contribution in [2.45, 2.75) is 13.3 Å². The summed E-state index contributed by atoms with van der Waals surface area (Å²) in [5, 5.41) is 20.8. The number of nitrogens with zero attached hydrogens (tertiary/aromatic N) is 5. The number of hydrogen-bond donors (Lipinski definition) is 2. The average Bonchev–Trinajstić information content (AvgIpc) is 3.29. The van der Waals surface area contributed by atoms with Crippen LogP contribution in [-0.2, 0) is 13.5 Å². The van der Waals surface area contributed by atoms with Crippen LogP contribution in [0.1, 0.15) is 33.5 Å². The molecule has 0 aliphatic heterocycles. The molecule has 0 unspecified atom stereocenters. The Morgan fingerprint density at radius 2 is 1.90 bits per heavy atom. The van der Waals surface area contributed by atoms with Crippen molar-refractivity contribution in [1.82, 2.24) is 24.4 Å². The van der Waals surface area contributed by atoms with Crippen molar-refractivity contribution in [1.29, 1.82) is 0 Å². The number of aromatic nitrogens is 5. The fourth-order valence-corrected chi connectivity index (χ4v) is 3.17. The second-order valence-corrected chi connectivity index (χ2v) is 6.43. The van der Waals surface area contributed by atoms with Gasteiger partial charge in [0.05, 0.1) is 5.69 Å². The zero-order chi connectivity index (χ0) is 20.5. The third-order valence-corrected chi connectivity index (χ3v) is 4.51. The molecule has 3 aromatic heterocycles. The van der Waals surface area contributed by atoms with Crippen molar-refractivity contribution in [3.05, 3.63) is 65.6 Å². The van der Waals surface area contributed by atoms with Crippen LogP contribution in [0.25, 0.3) is 17.0 Å². The number of pyridine rings is 1. The number of carboxylic acids is 1. The number of anilines is 1. The zero-order valence-electron chi connectivity index (χ0n) is 15.8. The molecule has 1 aromatic carbocycles. The Balaban J connectivity index is 1.66. The SMILES string of the molecule is CCc1nn(C)c(C(=O)Nc2ccn3nc(-c4ccccc4)nc3c2)c1C(=O)O. The van der Waals surface area contributed by atoms with Crippen molar-refractivity contribution in [2.24, 2.45) is 7.05 Å². The number of rotatable bonds is 5. The molecule has 0 atom stereocenters. The van der Waals surface area contributed by atoms with Crippen LogP contribution >= 0.6 is 0 Å². The van der Waals surface area contributed by atoms with Crippen molar-refractivity contribution in [3.8, 4) is 11.4 Å². The summed E-state index contributed by atoms with van der Waals surface area (Å²) in [4.78, 5) is 28.9. The molecule has 0 aliphatic carbocycles. The predicted octanol–water partition coefficient (Wildman–Crippen LogP) is 2.64. The van der Waals surface area contributed by atoms with Gasteiger partial charge in [-0.2, -0.15) is 5.10 Å². The predicted molar refractivity (Wildman–Crippen MR) is 106 cm³/mol. The normalized spacial score (nSPS) is 11.0. The minimum atomic E-state index is -1.18. The van der Waals surface area contributed by atoms with Gasteiger partial charge in [-0.1, -0.05) is 37.3 Å². The summed E-state index contributed by atoms with van der Waals surface area (Å²) in [6.07, 6.45) is 2.10. The first kappa shape index (κ1) is 18.4. The van der Waals surface area contributed by atoms with E-state index in [0.717, 1.165) is 5.56 Å². The Morgan fingerprint density at radius 1 is 1.14 bits per heavy atom. The van der Waals surface area contributed by atoms with E-state index in [9.17, 15) is 14.7 Å². The van der Waals surface area contributed by atoms with Crippen molar-refractivity contribution < 1.29 is 14.7 Å². The Morgan fingerprint density at radius 3 is 2.59 bits per heavy atom. The summed E-state index contributed by atoms with van der Waals surface area (Å²) in [7, 11) is 1.55. The smallest absolute Gasteiger partial charge is 0.340 e. The maximum Gasteiger partial charge on any atom is 0.340 e. The molecule has 29 heavy (non-hydrogen) atoms. The molecule has 2 N–H and O–H groups in total. The molecule has 0 fully saturated rings. The van der Waals surface area contributed by atoms with Gasteiger partial charge in [-0.25, -0.2) is 14.3 Å². The minimum Gasteiger partial charge on any atom is -0.478 e. The van der Waals surface area contributed by atoms with Crippen molar-refractivity contribution >= 4 is 23.2 Å². The molecular weight excluding hydrogens is 372 g/mol. The third kappa shape index (κ3) is 3.33. The molecular formula is C20H18N6O3. The largest absolute Gasteiger partial charge is 0.478 e. The minimum absolute atomic E-state index is 0.000616. The van der Waals surface area contributed by atoms with Gasteiger partial charge in [-0.3, -0.25) is 9.48 Å². The zero-order valence-corrected chi connectivity index (χ0v) is 15.8. The monoisotopic (exact) mass is 390 g/mol. The van der Waals surface area contributed by atoms with Crippen LogP contribution in [-0.4, -0.2) is 41.4 Å². The number of amides is 1. The fraction of sp³-hybridized carbons (Fsp3) is 0.150. The standard InChI is InChI=1S/C20H18N6O3/c1-3-14-16(20(28)29)17(25(2)23-14)19(27)21-13-9-10-26-15(11-13)22-18(24-26)12-7-5-4-6-8-12/h4-11H,3H2,1-2H3,(H,21,27)(H,28,29). The van der Waals surface area contributed by atoms with Crippen LogP contribution in [0.5, 0.6) is 0 Å². The number of nitrogens with one attached hydrogen (secondary N) is 1. The van der Waals surface area contributed by atoms with E-state index in [1.54, 1.807) is 36.8 Å². The summed E-state index contributed by atoms with van der Waals surface area (Å²) >= 11 is 0. The molecule has 4 aromatic rings. The Kier molecular flexibility index (Phi) is 4.55. The van der Waals surface area contributed by atoms with Gasteiger partial charge >= 0.3 is 5.97 Å². The highest BCUT2D eigenvalue weighted by Gasteiger charge is 2.26. The quantitative estimate of drug-likeness (QED) is 0.541. The molecule has 9 heteroatoms. The van der Waals surface area contributed by atoms with Gasteiger partial charge in [0.15, 0.2) is 11.5 Å². The molecule has 0 radical (unpaired) electrons. The summed E-state index contributed by atoms with van der Waals surface area (Å²) in [6.45, 7) is 1.79. The number of aromatic carboxylic acids is 1. The first-order chi connectivity index (χ1) is 14.0. The Bertz CT molecular complexity index is 1230. The van der Waals surface area contributed by atoms with E-state index < -0.39 is 11.9 Å². The molecule has 0 saturated heterocycles. The molecule has 0 bridgehead atoms. The first-order valence-electron chi connectivity index (χ1n) is 9.00. The second-order valence-electron chi connectivity index (χ2n) is 6.43. The molecule has 0 aliphatic rings. The number of aryl methyl sites for hydroxylation is 2. The molecule has 4 rings (SSSR count). The number of carbonyl (C=O) groups is 2. The summed E-state index contributed by atoms with van der Waals surface area (Å²) in [5.74, 6) is -1.16. The number of hydrogen-bond acceptors (Lipinski definition) is 5. The van der Waals surface area contributed by atoms with Crippen LogP contribution in [0.15, 0.2) is 48.7 Å². The molecule has 3 heterocycles. The lowest BCUT2D eigenvalue weighted by atomic mass is 10.1. The van der Waals surface area contributed by atoms with E-state index in [-0.39, 0.29) is 11.3 Å². The lowest BCUT2D eigenvalue weighted by Crippen LogP contribution is -2.19. The van der Waals surface area contributed by atoms with E-state index in [2.05, 4.69) is 20.5 Å². The fourth-order valence-electron chi connectivity index (χ4n) is 3.17. The van der Waals surface area contributed by atoms with Gasteiger partial charge < -0.3 is 10.4 Å². The molecule has 1 amide bonds. The van der Waals surface area contributed by atoms with Gasteiger partial charge in [-0.05, 0) is 12.5 Å². The Hall–Kier alpha value is -4.01. The third-order valence-electron chi connectivity index (χ3n) is 4.51.